The Morgan fingerprint density at radius 2 is 1.13 bits per heavy atom. The van der Waals surface area contributed by atoms with Crippen molar-refractivity contribution in [2.24, 2.45) is 5.92 Å². The number of carboxylic acids is 2. The molecule has 0 fully saturated rings. The summed E-state index contributed by atoms with van der Waals surface area (Å²) < 4.78 is 0. The molecule has 0 aromatic rings. The molecule has 0 aliphatic carbocycles. The number of rotatable bonds is 20. The predicted molar refractivity (Wildman–Crippen MR) is 113 cm³/mol. The minimum Gasteiger partial charge on any atom is -0.478 e. The molecule has 8 heteroatoms. The van der Waals surface area contributed by atoms with Crippen LogP contribution in [0.25, 0.3) is 0 Å². The van der Waals surface area contributed by atoms with Crippen molar-refractivity contribution in [1.82, 2.24) is 0 Å². The van der Waals surface area contributed by atoms with E-state index in [0.717, 1.165) is 63.9 Å². The zero-order chi connectivity index (χ0) is 22.8. The monoisotopic (exact) mass is 432 g/mol. The maximum Gasteiger partial charge on any atom is 0.331 e. The molecular formula is C22H40O8. The smallest absolute Gasteiger partial charge is 0.331 e. The fourth-order valence-corrected chi connectivity index (χ4v) is 3.63. The molecule has 0 aromatic carbocycles. The van der Waals surface area contributed by atoms with E-state index in [1.54, 1.807) is 0 Å². The Bertz CT molecular complexity index is 480. The van der Waals surface area contributed by atoms with Crippen molar-refractivity contribution >= 4 is 11.9 Å². The second-order valence-corrected chi connectivity index (χ2v) is 8.04. The average molecular weight is 433 g/mol. The van der Waals surface area contributed by atoms with Crippen molar-refractivity contribution < 1.29 is 40.2 Å². The van der Waals surface area contributed by atoms with E-state index >= 15 is 0 Å². The first-order chi connectivity index (χ1) is 14.3. The van der Waals surface area contributed by atoms with Crippen LogP contribution in [0.5, 0.6) is 0 Å². The van der Waals surface area contributed by atoms with E-state index in [9.17, 15) is 19.8 Å². The van der Waals surface area contributed by atoms with Crippen molar-refractivity contribution in [3.63, 3.8) is 0 Å². The highest BCUT2D eigenvalue weighted by Crippen LogP contribution is 2.22. The van der Waals surface area contributed by atoms with Crippen molar-refractivity contribution in [1.29, 1.82) is 0 Å². The van der Waals surface area contributed by atoms with Gasteiger partial charge in [-0.2, -0.15) is 0 Å². The van der Waals surface area contributed by atoms with Crippen LogP contribution in [0.3, 0.4) is 0 Å². The number of aliphatic hydroxyl groups excluding tert-OH is 4. The lowest BCUT2D eigenvalue weighted by molar-refractivity contribution is -0.135. The van der Waals surface area contributed by atoms with Gasteiger partial charge in [0.1, 0.15) is 0 Å². The fraction of sp³-hybridized carbons (Fsp3) is 0.818. The zero-order valence-corrected chi connectivity index (χ0v) is 17.9. The van der Waals surface area contributed by atoms with Crippen LogP contribution in [0.1, 0.15) is 83.5 Å². The molecule has 0 aliphatic rings. The molecule has 0 radical (unpaired) electrons. The van der Waals surface area contributed by atoms with Crippen LogP contribution in [0.4, 0.5) is 0 Å². The van der Waals surface area contributed by atoms with E-state index in [2.05, 4.69) is 0 Å². The van der Waals surface area contributed by atoms with Gasteiger partial charge in [-0.25, -0.2) is 9.59 Å². The van der Waals surface area contributed by atoms with Crippen molar-refractivity contribution in [3.05, 3.63) is 11.6 Å². The minimum absolute atomic E-state index is 0.0566. The highest BCUT2D eigenvalue weighted by atomic mass is 16.4. The molecule has 2 unspecified atom stereocenters. The van der Waals surface area contributed by atoms with E-state index in [4.69, 9.17) is 20.4 Å². The standard InChI is InChI=1S/C22H40O8/c23-15-19(25)12-17(13-20(26)16-24)10-8-6-4-2-1-3-5-7-9-11-18(22(29)30)14-21(27)28/h14,17,19-20,23-26H,1-13,15-16H2,(H,27,28)(H,29,30)/b18-14+. The molecule has 176 valence electrons. The van der Waals surface area contributed by atoms with E-state index in [1.165, 1.54) is 0 Å². The largest absolute Gasteiger partial charge is 0.478 e. The highest BCUT2D eigenvalue weighted by molar-refractivity contribution is 5.94. The molecule has 0 amide bonds. The van der Waals surface area contributed by atoms with Gasteiger partial charge < -0.3 is 30.6 Å². The summed E-state index contributed by atoms with van der Waals surface area (Å²) in [4.78, 5) is 21.5. The Kier molecular flexibility index (Phi) is 17.4. The molecule has 0 rings (SSSR count). The van der Waals surface area contributed by atoms with E-state index in [0.29, 0.717) is 19.3 Å². The zero-order valence-electron chi connectivity index (χ0n) is 17.9. The van der Waals surface area contributed by atoms with Crippen molar-refractivity contribution in [2.75, 3.05) is 13.2 Å². The van der Waals surface area contributed by atoms with Crippen LogP contribution in [0, 0.1) is 5.92 Å². The van der Waals surface area contributed by atoms with Crippen molar-refractivity contribution in [3.8, 4) is 0 Å². The number of unbranched alkanes of at least 4 members (excludes halogenated alkanes) is 8. The number of carbonyl (C=O) groups is 2. The van der Waals surface area contributed by atoms with Gasteiger partial charge in [0.25, 0.3) is 0 Å². The Labute approximate surface area is 179 Å². The number of aliphatic hydroxyl groups is 4. The maximum atomic E-state index is 10.9. The second kappa shape index (κ2) is 18.3. The maximum absolute atomic E-state index is 10.9. The quantitative estimate of drug-likeness (QED) is 0.127. The lowest BCUT2D eigenvalue weighted by Gasteiger charge is -2.21. The Morgan fingerprint density at radius 1 is 0.700 bits per heavy atom. The Hall–Kier alpha value is -1.48. The summed E-state index contributed by atoms with van der Waals surface area (Å²) in [6, 6.07) is 0. The highest BCUT2D eigenvalue weighted by Gasteiger charge is 2.17. The van der Waals surface area contributed by atoms with E-state index in [-0.39, 0.29) is 31.1 Å². The van der Waals surface area contributed by atoms with Gasteiger partial charge in [0.2, 0.25) is 0 Å². The SMILES string of the molecule is O=C(O)/C=C(\CCCCCCCCCCCC(CC(O)CO)CC(O)CO)C(=O)O. The van der Waals surface area contributed by atoms with Gasteiger partial charge in [0.05, 0.1) is 25.4 Å². The molecule has 0 saturated heterocycles. The summed E-state index contributed by atoms with van der Waals surface area (Å²) in [6.45, 7) is -0.585. The first-order valence-corrected chi connectivity index (χ1v) is 11.0. The third kappa shape index (κ3) is 16.3. The summed E-state index contributed by atoms with van der Waals surface area (Å²) in [5.41, 5.74) is -0.0566. The molecule has 0 spiro atoms. The number of aliphatic carboxylic acids is 2. The number of hydrogen-bond acceptors (Lipinski definition) is 6. The van der Waals surface area contributed by atoms with Crippen LogP contribution in [-0.4, -0.2) is 68.0 Å². The van der Waals surface area contributed by atoms with Gasteiger partial charge in [0.15, 0.2) is 0 Å². The Balaban J connectivity index is 3.78. The fourth-order valence-electron chi connectivity index (χ4n) is 3.63. The predicted octanol–water partition coefficient (Wildman–Crippen LogP) is 2.48. The molecule has 0 bridgehead atoms. The molecule has 30 heavy (non-hydrogen) atoms. The van der Waals surface area contributed by atoms with Gasteiger partial charge in [-0.3, -0.25) is 0 Å². The first kappa shape index (κ1) is 28.5. The van der Waals surface area contributed by atoms with Crippen LogP contribution < -0.4 is 0 Å². The molecular weight excluding hydrogens is 392 g/mol. The normalized spacial score (nSPS) is 15.0. The van der Waals surface area contributed by atoms with E-state index < -0.39 is 24.1 Å². The molecule has 0 heterocycles. The minimum atomic E-state index is -1.23. The lowest BCUT2D eigenvalue weighted by atomic mass is 9.90. The van der Waals surface area contributed by atoms with Gasteiger partial charge in [-0.1, -0.05) is 57.8 Å². The lowest BCUT2D eigenvalue weighted by Crippen LogP contribution is -2.23. The van der Waals surface area contributed by atoms with Gasteiger partial charge in [0, 0.05) is 11.6 Å². The third-order valence-electron chi connectivity index (χ3n) is 5.26. The summed E-state index contributed by atoms with van der Waals surface area (Å²) >= 11 is 0. The molecule has 8 nitrogen and oxygen atoms in total. The summed E-state index contributed by atoms with van der Waals surface area (Å²) in [5, 5.41) is 54.8. The number of hydrogen-bond donors (Lipinski definition) is 6. The van der Waals surface area contributed by atoms with Gasteiger partial charge in [-0.15, -0.1) is 0 Å². The average Bonchev–Trinajstić information content (AvgIpc) is 2.70. The van der Waals surface area contributed by atoms with Crippen molar-refractivity contribution in [2.45, 2.75) is 95.7 Å². The Morgan fingerprint density at radius 3 is 1.53 bits per heavy atom. The molecule has 0 aliphatic heterocycles. The second-order valence-electron chi connectivity index (χ2n) is 8.04. The summed E-state index contributed by atoms with van der Waals surface area (Å²) in [7, 11) is 0. The van der Waals surface area contributed by atoms with Crippen LogP contribution in [0.15, 0.2) is 11.6 Å². The number of carboxylic acid groups (broad SMARTS) is 2. The third-order valence-corrected chi connectivity index (χ3v) is 5.26. The molecule has 2 atom stereocenters. The van der Waals surface area contributed by atoms with E-state index in [1.807, 2.05) is 0 Å². The molecule has 6 N–H and O–H groups in total. The first-order valence-electron chi connectivity index (χ1n) is 11.0. The van der Waals surface area contributed by atoms with Crippen LogP contribution >= 0.6 is 0 Å². The molecule has 0 saturated carbocycles. The topological polar surface area (TPSA) is 156 Å². The van der Waals surface area contributed by atoms with Crippen LogP contribution in [-0.2, 0) is 9.59 Å². The summed E-state index contributed by atoms with van der Waals surface area (Å²) in [6.07, 6.45) is 10.2. The van der Waals surface area contributed by atoms with Gasteiger partial charge >= 0.3 is 11.9 Å². The van der Waals surface area contributed by atoms with Crippen LogP contribution in [0.2, 0.25) is 0 Å². The molecule has 0 aromatic heterocycles. The summed E-state index contributed by atoms with van der Waals surface area (Å²) in [5.74, 6) is -2.32. The van der Waals surface area contributed by atoms with Gasteiger partial charge in [-0.05, 0) is 31.6 Å².